The lowest BCUT2D eigenvalue weighted by Crippen LogP contribution is -2.40. The van der Waals surface area contributed by atoms with E-state index in [1.807, 2.05) is 0 Å². The second-order valence-electron chi connectivity index (χ2n) is 11.0. The van der Waals surface area contributed by atoms with Gasteiger partial charge in [-0.05, 0) is 89.4 Å². The summed E-state index contributed by atoms with van der Waals surface area (Å²) in [7, 11) is -7.72. The van der Waals surface area contributed by atoms with Crippen molar-refractivity contribution in [3.63, 3.8) is 0 Å². The zero-order valence-corrected chi connectivity index (χ0v) is 24.1. The first-order chi connectivity index (χ1) is 17.3. The number of hydrogen-bond acceptors (Lipinski definition) is 7. The zero-order chi connectivity index (χ0) is 28.7. The van der Waals surface area contributed by atoms with E-state index in [0.29, 0.717) is 22.1 Å². The van der Waals surface area contributed by atoms with Gasteiger partial charge in [0, 0.05) is 22.7 Å². The topological polar surface area (TPSA) is 121 Å². The van der Waals surface area contributed by atoms with Gasteiger partial charge in [0.15, 0.2) is 0 Å². The number of carbonyl (C=O) groups excluding carboxylic acids is 1. The van der Waals surface area contributed by atoms with Crippen molar-refractivity contribution in [1.82, 2.24) is 9.29 Å². The van der Waals surface area contributed by atoms with Gasteiger partial charge in [0.2, 0.25) is 10.0 Å². The largest absolute Gasteiger partial charge is 0.443 e. The van der Waals surface area contributed by atoms with Gasteiger partial charge in [0.25, 0.3) is 10.1 Å². The summed E-state index contributed by atoms with van der Waals surface area (Å²) in [5, 5.41) is 0.541. The molecular formula is C26H33FN2O7S2. The highest BCUT2D eigenvalue weighted by Gasteiger charge is 2.26. The molecule has 0 aliphatic heterocycles. The van der Waals surface area contributed by atoms with Crippen molar-refractivity contribution in [1.29, 1.82) is 0 Å². The number of nitrogens with one attached hydrogen (secondary N) is 1. The monoisotopic (exact) mass is 568 g/mol. The van der Waals surface area contributed by atoms with E-state index in [1.54, 1.807) is 53.7 Å². The molecule has 1 heterocycles. The first kappa shape index (κ1) is 29.8. The molecule has 0 unspecified atom stereocenters. The van der Waals surface area contributed by atoms with Gasteiger partial charge < -0.3 is 4.74 Å². The third-order valence-corrected chi connectivity index (χ3v) is 7.58. The Balaban J connectivity index is 2.18. The summed E-state index contributed by atoms with van der Waals surface area (Å²) in [4.78, 5) is 12.9. The van der Waals surface area contributed by atoms with E-state index < -0.39 is 43.2 Å². The van der Waals surface area contributed by atoms with Crippen LogP contribution in [0, 0.1) is 5.82 Å². The Morgan fingerprint density at radius 2 is 1.66 bits per heavy atom. The van der Waals surface area contributed by atoms with E-state index in [-0.39, 0.29) is 23.4 Å². The minimum Gasteiger partial charge on any atom is -0.443 e. The number of sulfonamides is 1. The van der Waals surface area contributed by atoms with E-state index >= 15 is 0 Å². The first-order valence-corrected chi connectivity index (χ1v) is 15.1. The number of hydrogen-bond donors (Lipinski definition) is 1. The molecule has 0 atom stereocenters. The van der Waals surface area contributed by atoms with Crippen molar-refractivity contribution in [2.75, 3.05) is 12.9 Å². The Morgan fingerprint density at radius 3 is 2.24 bits per heavy atom. The molecule has 9 nitrogen and oxygen atoms in total. The van der Waals surface area contributed by atoms with E-state index in [4.69, 9.17) is 8.92 Å². The van der Waals surface area contributed by atoms with Crippen LogP contribution in [0.1, 0.15) is 47.1 Å². The Morgan fingerprint density at radius 1 is 1.00 bits per heavy atom. The molecule has 208 valence electrons. The number of benzene rings is 2. The van der Waals surface area contributed by atoms with Crippen LogP contribution in [0.3, 0.4) is 0 Å². The minimum atomic E-state index is -3.97. The second kappa shape index (κ2) is 10.4. The fraction of sp³-hybridized carbons (Fsp3) is 0.423. The van der Waals surface area contributed by atoms with Crippen molar-refractivity contribution in [2.45, 2.75) is 64.0 Å². The van der Waals surface area contributed by atoms with Crippen LogP contribution < -0.4 is 4.72 Å². The van der Waals surface area contributed by atoms with E-state index in [0.717, 1.165) is 6.26 Å². The summed E-state index contributed by atoms with van der Waals surface area (Å²) in [5.41, 5.74) is 0.106. The van der Waals surface area contributed by atoms with Crippen molar-refractivity contribution < 1.29 is 34.9 Å². The second-order valence-corrected chi connectivity index (χ2v) is 14.3. The molecule has 0 aliphatic carbocycles. The van der Waals surface area contributed by atoms with Gasteiger partial charge in [0.1, 0.15) is 11.4 Å². The lowest BCUT2D eigenvalue weighted by atomic mass is 10.0. The third-order valence-electron chi connectivity index (χ3n) is 5.13. The first-order valence-electron chi connectivity index (χ1n) is 11.8. The Kier molecular flexibility index (Phi) is 8.14. The zero-order valence-electron chi connectivity index (χ0n) is 22.5. The van der Waals surface area contributed by atoms with Crippen molar-refractivity contribution in [2.24, 2.45) is 0 Å². The molecule has 0 aliphatic rings. The highest BCUT2D eigenvalue weighted by Crippen LogP contribution is 2.34. The van der Waals surface area contributed by atoms with E-state index in [2.05, 4.69) is 4.72 Å². The fourth-order valence-corrected chi connectivity index (χ4v) is 5.91. The van der Waals surface area contributed by atoms with Crippen LogP contribution >= 0.6 is 0 Å². The van der Waals surface area contributed by atoms with Crippen LogP contribution in [0.2, 0.25) is 0 Å². The van der Waals surface area contributed by atoms with Crippen molar-refractivity contribution in [3.8, 4) is 11.1 Å². The standard InChI is InChI=1S/C26H33FN2O7S2/c1-25(2,3)28-38(33,34)23-11-8-17(14-18(23)12-13-35-37(7,31)32)21-16-29(24(30)36-26(4,5)6)22-15-19(27)9-10-20(21)22/h8-11,14-16,28H,12-13H2,1-7H3. The number of fused-ring (bicyclic) bond motifs is 1. The number of aromatic nitrogens is 1. The number of nitrogens with zero attached hydrogens (tertiary/aromatic N) is 1. The Hall–Kier alpha value is -2.80. The summed E-state index contributed by atoms with van der Waals surface area (Å²) in [6, 6.07) is 8.60. The lowest BCUT2D eigenvalue weighted by molar-refractivity contribution is 0.0544. The highest BCUT2D eigenvalue weighted by molar-refractivity contribution is 7.89. The van der Waals surface area contributed by atoms with Crippen molar-refractivity contribution in [3.05, 3.63) is 54.0 Å². The lowest BCUT2D eigenvalue weighted by Gasteiger charge is -2.22. The highest BCUT2D eigenvalue weighted by atomic mass is 32.2. The predicted molar refractivity (Wildman–Crippen MR) is 144 cm³/mol. The molecule has 1 N–H and O–H groups in total. The molecule has 3 aromatic rings. The molecule has 1 aromatic heterocycles. The number of ether oxygens (including phenoxy) is 1. The smallest absolute Gasteiger partial charge is 0.419 e. The van der Waals surface area contributed by atoms with Crippen LogP contribution in [-0.4, -0.2) is 51.5 Å². The molecular weight excluding hydrogens is 535 g/mol. The van der Waals surface area contributed by atoms with Gasteiger partial charge in [0.05, 0.1) is 23.3 Å². The average molecular weight is 569 g/mol. The maximum Gasteiger partial charge on any atom is 0.419 e. The number of carbonyl (C=O) groups is 1. The van der Waals surface area contributed by atoms with Gasteiger partial charge in [-0.15, -0.1) is 0 Å². The minimum absolute atomic E-state index is 0.0272. The normalized spacial score (nSPS) is 13.2. The Bertz CT molecular complexity index is 1580. The van der Waals surface area contributed by atoms with Gasteiger partial charge in [-0.25, -0.2) is 22.3 Å². The molecule has 0 bridgehead atoms. The molecule has 0 fully saturated rings. The van der Waals surface area contributed by atoms with E-state index in [1.165, 1.54) is 35.0 Å². The van der Waals surface area contributed by atoms with Crippen LogP contribution in [0.25, 0.3) is 22.0 Å². The van der Waals surface area contributed by atoms with Crippen LogP contribution in [-0.2, 0) is 35.5 Å². The maximum absolute atomic E-state index is 14.1. The molecule has 0 saturated carbocycles. The quantitative estimate of drug-likeness (QED) is 0.406. The third kappa shape index (κ3) is 7.62. The summed E-state index contributed by atoms with van der Waals surface area (Å²) in [6.07, 6.45) is 1.69. The fourth-order valence-electron chi connectivity index (χ4n) is 3.86. The Labute approximate surface area is 223 Å². The van der Waals surface area contributed by atoms with Gasteiger partial charge >= 0.3 is 6.09 Å². The summed E-state index contributed by atoms with van der Waals surface area (Å²) in [5.74, 6) is -0.541. The maximum atomic E-state index is 14.1. The molecule has 0 amide bonds. The SMILES string of the molecule is CC(C)(C)NS(=O)(=O)c1ccc(-c2cn(C(=O)OC(C)(C)C)c3cc(F)ccc23)cc1CCOS(C)(=O)=O. The molecule has 2 aromatic carbocycles. The summed E-state index contributed by atoms with van der Waals surface area (Å²) < 4.78 is 77.6. The predicted octanol–water partition coefficient (Wildman–Crippen LogP) is 4.83. The molecule has 0 saturated heterocycles. The molecule has 0 radical (unpaired) electrons. The van der Waals surface area contributed by atoms with Crippen LogP contribution in [0.4, 0.5) is 9.18 Å². The number of halogens is 1. The average Bonchev–Trinajstić information content (AvgIpc) is 3.08. The van der Waals surface area contributed by atoms with Gasteiger partial charge in [-0.1, -0.05) is 6.07 Å². The molecule has 3 rings (SSSR count). The number of rotatable bonds is 7. The van der Waals surface area contributed by atoms with Crippen molar-refractivity contribution >= 4 is 37.1 Å². The van der Waals surface area contributed by atoms with Gasteiger partial charge in [-0.2, -0.15) is 8.42 Å². The summed E-state index contributed by atoms with van der Waals surface area (Å²) >= 11 is 0. The van der Waals surface area contributed by atoms with Gasteiger partial charge in [-0.3, -0.25) is 8.75 Å². The molecule has 12 heteroatoms. The van der Waals surface area contributed by atoms with Crippen LogP contribution in [0.5, 0.6) is 0 Å². The molecule has 0 spiro atoms. The molecule has 38 heavy (non-hydrogen) atoms. The summed E-state index contributed by atoms with van der Waals surface area (Å²) in [6.45, 7) is 9.99. The van der Waals surface area contributed by atoms with E-state index in [9.17, 15) is 26.0 Å². The van der Waals surface area contributed by atoms with Crippen LogP contribution in [0.15, 0.2) is 47.5 Å².